The van der Waals surface area contributed by atoms with Gasteiger partial charge in [0, 0.05) is 19.2 Å². The minimum absolute atomic E-state index is 0.364. The Morgan fingerprint density at radius 2 is 1.71 bits per heavy atom. The molecule has 1 saturated heterocycles. The molecule has 5 heteroatoms. The van der Waals surface area contributed by atoms with Crippen LogP contribution in [0, 0.1) is 0 Å². The second kappa shape index (κ2) is 5.70. The SMILES string of the molecule is COc1cc(N2CCCCCC2)nc(OC)n1. The van der Waals surface area contributed by atoms with Crippen LogP contribution in [0.4, 0.5) is 5.82 Å². The summed E-state index contributed by atoms with van der Waals surface area (Å²) in [7, 11) is 3.18. The van der Waals surface area contributed by atoms with E-state index in [2.05, 4.69) is 14.9 Å². The maximum absolute atomic E-state index is 5.16. The Morgan fingerprint density at radius 1 is 1.00 bits per heavy atom. The number of aromatic nitrogens is 2. The predicted molar refractivity (Wildman–Crippen MR) is 65.8 cm³/mol. The summed E-state index contributed by atoms with van der Waals surface area (Å²) in [5, 5.41) is 0. The summed E-state index contributed by atoms with van der Waals surface area (Å²) in [6.45, 7) is 2.09. The number of ether oxygens (including phenoxy) is 2. The summed E-state index contributed by atoms with van der Waals surface area (Å²) < 4.78 is 10.3. The van der Waals surface area contributed by atoms with Gasteiger partial charge in [-0.25, -0.2) is 0 Å². The lowest BCUT2D eigenvalue weighted by atomic mass is 10.2. The molecule has 0 amide bonds. The van der Waals surface area contributed by atoms with Crippen molar-refractivity contribution in [1.29, 1.82) is 0 Å². The van der Waals surface area contributed by atoms with E-state index in [-0.39, 0.29) is 0 Å². The van der Waals surface area contributed by atoms with Gasteiger partial charge in [-0.05, 0) is 12.8 Å². The zero-order valence-corrected chi connectivity index (χ0v) is 10.5. The van der Waals surface area contributed by atoms with Crippen molar-refractivity contribution >= 4 is 5.82 Å². The van der Waals surface area contributed by atoms with Crippen LogP contribution < -0.4 is 14.4 Å². The first kappa shape index (κ1) is 12.0. The van der Waals surface area contributed by atoms with Gasteiger partial charge in [0.1, 0.15) is 5.82 Å². The Labute approximate surface area is 102 Å². The van der Waals surface area contributed by atoms with Crippen molar-refractivity contribution in [2.75, 3.05) is 32.2 Å². The Kier molecular flexibility index (Phi) is 4.01. The van der Waals surface area contributed by atoms with Crippen LogP contribution in [-0.2, 0) is 0 Å². The zero-order chi connectivity index (χ0) is 12.1. The van der Waals surface area contributed by atoms with Crippen LogP contribution in [0.2, 0.25) is 0 Å². The molecular weight excluding hydrogens is 218 g/mol. The Bertz CT molecular complexity index is 341. The molecule has 0 aliphatic carbocycles. The van der Waals surface area contributed by atoms with E-state index < -0.39 is 0 Å². The van der Waals surface area contributed by atoms with Crippen LogP contribution in [0.15, 0.2) is 6.07 Å². The lowest BCUT2D eigenvalue weighted by Gasteiger charge is -2.21. The smallest absolute Gasteiger partial charge is 0.321 e. The van der Waals surface area contributed by atoms with E-state index in [9.17, 15) is 0 Å². The van der Waals surface area contributed by atoms with Gasteiger partial charge in [-0.1, -0.05) is 12.8 Å². The third kappa shape index (κ3) is 2.99. The summed E-state index contributed by atoms with van der Waals surface area (Å²) in [4.78, 5) is 10.8. The van der Waals surface area contributed by atoms with E-state index in [1.807, 2.05) is 6.07 Å². The summed E-state index contributed by atoms with van der Waals surface area (Å²) in [5.74, 6) is 1.45. The topological polar surface area (TPSA) is 47.5 Å². The van der Waals surface area contributed by atoms with Crippen molar-refractivity contribution < 1.29 is 9.47 Å². The zero-order valence-electron chi connectivity index (χ0n) is 10.5. The van der Waals surface area contributed by atoms with Gasteiger partial charge in [0.05, 0.1) is 14.2 Å². The van der Waals surface area contributed by atoms with Crippen molar-refractivity contribution in [2.24, 2.45) is 0 Å². The van der Waals surface area contributed by atoms with Gasteiger partial charge in [0.2, 0.25) is 5.88 Å². The molecule has 1 aliphatic heterocycles. The Hall–Kier alpha value is -1.52. The largest absolute Gasteiger partial charge is 0.481 e. The second-order valence-electron chi connectivity index (χ2n) is 4.16. The molecule has 0 unspecified atom stereocenters. The number of hydrogen-bond acceptors (Lipinski definition) is 5. The van der Waals surface area contributed by atoms with E-state index in [1.165, 1.54) is 25.7 Å². The van der Waals surface area contributed by atoms with Crippen molar-refractivity contribution in [2.45, 2.75) is 25.7 Å². The van der Waals surface area contributed by atoms with Crippen LogP contribution in [-0.4, -0.2) is 37.3 Å². The van der Waals surface area contributed by atoms with Crippen LogP contribution in [0.5, 0.6) is 11.9 Å². The number of nitrogens with zero attached hydrogens (tertiary/aromatic N) is 3. The fourth-order valence-electron chi connectivity index (χ4n) is 2.05. The molecule has 0 saturated carbocycles. The van der Waals surface area contributed by atoms with Crippen molar-refractivity contribution in [3.8, 4) is 11.9 Å². The highest BCUT2D eigenvalue weighted by atomic mass is 16.5. The molecule has 1 aromatic rings. The summed E-state index contributed by atoms with van der Waals surface area (Å²) in [6.07, 6.45) is 5.04. The van der Waals surface area contributed by atoms with E-state index in [4.69, 9.17) is 9.47 Å². The molecule has 1 aromatic heterocycles. The first-order valence-electron chi connectivity index (χ1n) is 6.05. The quantitative estimate of drug-likeness (QED) is 0.803. The Morgan fingerprint density at radius 3 is 2.29 bits per heavy atom. The normalized spacial score (nSPS) is 16.5. The van der Waals surface area contributed by atoms with Crippen LogP contribution >= 0.6 is 0 Å². The molecule has 0 bridgehead atoms. The molecule has 5 nitrogen and oxygen atoms in total. The first-order chi connectivity index (χ1) is 8.33. The molecule has 94 valence electrons. The molecule has 0 N–H and O–H groups in total. The van der Waals surface area contributed by atoms with Crippen LogP contribution in [0.1, 0.15) is 25.7 Å². The number of anilines is 1. The van der Waals surface area contributed by atoms with Crippen LogP contribution in [0.25, 0.3) is 0 Å². The average molecular weight is 237 g/mol. The standard InChI is InChI=1S/C12H19N3O2/c1-16-11-9-10(13-12(14-11)17-2)15-7-5-3-4-6-8-15/h9H,3-8H2,1-2H3. The molecule has 2 heterocycles. The Balaban J connectivity index is 2.22. The average Bonchev–Trinajstić information content (AvgIpc) is 2.67. The summed E-state index contributed by atoms with van der Waals surface area (Å²) >= 11 is 0. The van der Waals surface area contributed by atoms with Gasteiger partial charge < -0.3 is 14.4 Å². The van der Waals surface area contributed by atoms with Crippen molar-refractivity contribution in [3.63, 3.8) is 0 Å². The van der Waals surface area contributed by atoms with Crippen molar-refractivity contribution in [1.82, 2.24) is 9.97 Å². The van der Waals surface area contributed by atoms with Gasteiger partial charge in [0.15, 0.2) is 0 Å². The van der Waals surface area contributed by atoms with E-state index >= 15 is 0 Å². The molecule has 0 aromatic carbocycles. The van der Waals surface area contributed by atoms with Gasteiger partial charge in [0.25, 0.3) is 0 Å². The van der Waals surface area contributed by atoms with Gasteiger partial charge in [-0.2, -0.15) is 9.97 Å². The molecule has 1 fully saturated rings. The highest BCUT2D eigenvalue weighted by Crippen LogP contribution is 2.23. The van der Waals surface area contributed by atoms with E-state index in [0.29, 0.717) is 11.9 Å². The predicted octanol–water partition coefficient (Wildman–Crippen LogP) is 1.87. The number of hydrogen-bond donors (Lipinski definition) is 0. The third-order valence-electron chi connectivity index (χ3n) is 2.99. The monoisotopic (exact) mass is 237 g/mol. The molecule has 1 aliphatic rings. The molecule has 2 rings (SSSR count). The van der Waals surface area contributed by atoms with Gasteiger partial charge in [-0.15, -0.1) is 0 Å². The minimum Gasteiger partial charge on any atom is -0.481 e. The molecule has 17 heavy (non-hydrogen) atoms. The molecule has 0 atom stereocenters. The third-order valence-corrected chi connectivity index (χ3v) is 2.99. The van der Waals surface area contributed by atoms with Gasteiger partial charge in [-0.3, -0.25) is 0 Å². The highest BCUT2D eigenvalue weighted by Gasteiger charge is 2.14. The maximum atomic E-state index is 5.16. The summed E-state index contributed by atoms with van der Waals surface area (Å²) in [6, 6.07) is 2.23. The first-order valence-corrected chi connectivity index (χ1v) is 6.05. The number of rotatable bonds is 3. The number of methoxy groups -OCH3 is 2. The second-order valence-corrected chi connectivity index (χ2v) is 4.16. The lowest BCUT2D eigenvalue weighted by Crippen LogP contribution is -2.25. The van der Waals surface area contributed by atoms with Crippen molar-refractivity contribution in [3.05, 3.63) is 6.07 Å². The van der Waals surface area contributed by atoms with E-state index in [0.717, 1.165) is 18.9 Å². The van der Waals surface area contributed by atoms with Gasteiger partial charge >= 0.3 is 6.01 Å². The lowest BCUT2D eigenvalue weighted by molar-refractivity contribution is 0.352. The highest BCUT2D eigenvalue weighted by molar-refractivity contribution is 5.42. The minimum atomic E-state index is 0.364. The van der Waals surface area contributed by atoms with E-state index in [1.54, 1.807) is 14.2 Å². The molecular formula is C12H19N3O2. The molecule has 0 radical (unpaired) electrons. The van der Waals surface area contributed by atoms with Crippen LogP contribution in [0.3, 0.4) is 0 Å². The molecule has 0 spiro atoms. The summed E-state index contributed by atoms with van der Waals surface area (Å²) in [5.41, 5.74) is 0. The maximum Gasteiger partial charge on any atom is 0.321 e. The fraction of sp³-hybridized carbons (Fsp3) is 0.667. The fourth-order valence-corrected chi connectivity index (χ4v) is 2.05.